The molecule has 0 fully saturated rings. The predicted molar refractivity (Wildman–Crippen MR) is 66.5 cm³/mol. The molecule has 0 bridgehead atoms. The molecule has 6 heteroatoms. The number of imidazole rings is 1. The molecule has 0 saturated heterocycles. The van der Waals surface area contributed by atoms with E-state index in [4.69, 9.17) is 10.5 Å². The van der Waals surface area contributed by atoms with E-state index in [1.165, 1.54) is 18.6 Å². The lowest BCUT2D eigenvalue weighted by molar-refractivity contribution is 0.618. The van der Waals surface area contributed by atoms with Crippen LogP contribution in [0.3, 0.4) is 0 Å². The Morgan fingerprint density at radius 3 is 2.74 bits per heavy atom. The van der Waals surface area contributed by atoms with Gasteiger partial charge in [0, 0.05) is 24.3 Å². The van der Waals surface area contributed by atoms with Gasteiger partial charge in [0.15, 0.2) is 0 Å². The lowest BCUT2D eigenvalue weighted by atomic mass is 10.2. The fraction of sp³-hybridized carbons (Fsp3) is 0. The van der Waals surface area contributed by atoms with Crippen LogP contribution in [0.15, 0.2) is 48.7 Å². The number of nitrogens with zero attached hydrogens (tertiary/aromatic N) is 4. The summed E-state index contributed by atoms with van der Waals surface area (Å²) < 4.78 is 15.4. The zero-order valence-corrected chi connectivity index (χ0v) is 9.71. The first-order chi connectivity index (χ1) is 9.24. The minimum atomic E-state index is -0.438. The molecule has 0 spiro atoms. The lowest BCUT2D eigenvalue weighted by Gasteiger charge is -2.06. The van der Waals surface area contributed by atoms with E-state index in [1.807, 2.05) is 0 Å². The van der Waals surface area contributed by atoms with Crippen LogP contribution in [0.2, 0.25) is 0 Å². The van der Waals surface area contributed by atoms with Crippen LogP contribution < -0.4 is 5.32 Å². The highest BCUT2D eigenvalue weighted by Gasteiger charge is 2.04. The summed E-state index contributed by atoms with van der Waals surface area (Å²) in [5.74, 6) is -0.438. The third kappa shape index (κ3) is 2.76. The van der Waals surface area contributed by atoms with E-state index in [9.17, 15) is 4.39 Å². The second-order valence-corrected chi connectivity index (χ2v) is 3.56. The molecular formula is C13H8FN5. The zero-order chi connectivity index (χ0) is 13.7. The van der Waals surface area contributed by atoms with Crippen molar-refractivity contribution in [3.8, 4) is 17.8 Å². The smallest absolute Gasteiger partial charge is 0.149 e. The molecule has 19 heavy (non-hydrogen) atoms. The van der Waals surface area contributed by atoms with Crippen LogP contribution in [0.25, 0.3) is 5.69 Å². The van der Waals surface area contributed by atoms with Gasteiger partial charge >= 0.3 is 0 Å². The van der Waals surface area contributed by atoms with Crippen LogP contribution >= 0.6 is 0 Å². The van der Waals surface area contributed by atoms with E-state index < -0.39 is 5.82 Å². The van der Waals surface area contributed by atoms with Gasteiger partial charge in [0.25, 0.3) is 0 Å². The highest BCUT2D eigenvalue weighted by Crippen LogP contribution is 2.18. The van der Waals surface area contributed by atoms with Crippen molar-refractivity contribution in [2.45, 2.75) is 0 Å². The van der Waals surface area contributed by atoms with Gasteiger partial charge in [-0.15, -0.1) is 0 Å². The standard InChI is InChI=1S/C13H8FN5/c14-12-5-11(18-8-10(6-15)7-16)1-2-13(12)19-4-3-17-9-19/h1-5,8-9,18H. The Morgan fingerprint density at radius 1 is 1.37 bits per heavy atom. The van der Waals surface area contributed by atoms with E-state index in [-0.39, 0.29) is 5.57 Å². The summed E-state index contributed by atoms with van der Waals surface area (Å²) in [6.45, 7) is 0. The highest BCUT2D eigenvalue weighted by molar-refractivity contribution is 5.53. The van der Waals surface area contributed by atoms with Crippen molar-refractivity contribution in [3.05, 3.63) is 54.5 Å². The number of nitriles is 2. The van der Waals surface area contributed by atoms with Gasteiger partial charge in [-0.25, -0.2) is 9.37 Å². The van der Waals surface area contributed by atoms with Crippen LogP contribution in [-0.2, 0) is 0 Å². The Bertz CT molecular complexity index is 673. The van der Waals surface area contributed by atoms with E-state index in [0.29, 0.717) is 11.4 Å². The number of benzene rings is 1. The molecule has 0 amide bonds. The first-order valence-electron chi connectivity index (χ1n) is 5.29. The maximum atomic E-state index is 13.9. The van der Waals surface area contributed by atoms with Gasteiger partial charge in [-0.3, -0.25) is 0 Å². The van der Waals surface area contributed by atoms with E-state index in [1.54, 1.807) is 41.2 Å². The van der Waals surface area contributed by atoms with Gasteiger partial charge < -0.3 is 9.88 Å². The lowest BCUT2D eigenvalue weighted by Crippen LogP contribution is -1.97. The molecule has 1 heterocycles. The Hall–Kier alpha value is -3.12. The summed E-state index contributed by atoms with van der Waals surface area (Å²) in [7, 11) is 0. The fourth-order valence-electron chi connectivity index (χ4n) is 1.45. The van der Waals surface area contributed by atoms with E-state index in [0.717, 1.165) is 0 Å². The van der Waals surface area contributed by atoms with Crippen molar-refractivity contribution in [3.63, 3.8) is 0 Å². The molecule has 0 aliphatic carbocycles. The molecule has 1 aromatic heterocycles. The third-order valence-corrected chi connectivity index (χ3v) is 2.35. The number of anilines is 1. The van der Waals surface area contributed by atoms with Gasteiger partial charge in [-0.2, -0.15) is 10.5 Å². The number of aromatic nitrogens is 2. The average Bonchev–Trinajstić information content (AvgIpc) is 2.94. The second kappa shape index (κ2) is 5.48. The minimum absolute atomic E-state index is 0.0842. The minimum Gasteiger partial charge on any atom is -0.360 e. The molecule has 2 aromatic rings. The SMILES string of the molecule is N#CC(C#N)=CNc1ccc(-n2ccnc2)c(F)c1. The molecule has 0 aliphatic heterocycles. The molecule has 0 saturated carbocycles. The largest absolute Gasteiger partial charge is 0.360 e. The van der Waals surface area contributed by atoms with Gasteiger partial charge in [0.2, 0.25) is 0 Å². The molecule has 92 valence electrons. The molecule has 0 unspecified atom stereocenters. The summed E-state index contributed by atoms with van der Waals surface area (Å²) in [6, 6.07) is 7.89. The quantitative estimate of drug-likeness (QED) is 0.852. The topological polar surface area (TPSA) is 77.4 Å². The third-order valence-electron chi connectivity index (χ3n) is 2.35. The van der Waals surface area contributed by atoms with Crippen LogP contribution in [0.4, 0.5) is 10.1 Å². The monoisotopic (exact) mass is 253 g/mol. The molecule has 1 N–H and O–H groups in total. The van der Waals surface area contributed by atoms with Gasteiger partial charge in [0.05, 0.1) is 12.0 Å². The zero-order valence-electron chi connectivity index (χ0n) is 9.71. The van der Waals surface area contributed by atoms with Crippen molar-refractivity contribution < 1.29 is 4.39 Å². The number of hydrogen-bond donors (Lipinski definition) is 1. The van der Waals surface area contributed by atoms with Gasteiger partial charge in [-0.1, -0.05) is 0 Å². The molecule has 0 atom stereocenters. The molecule has 1 aromatic carbocycles. The normalized spacial score (nSPS) is 9.21. The maximum absolute atomic E-state index is 13.9. The first kappa shape index (κ1) is 12.3. The summed E-state index contributed by atoms with van der Waals surface area (Å²) in [5, 5.41) is 19.8. The number of hydrogen-bond acceptors (Lipinski definition) is 4. The van der Waals surface area contributed by atoms with Crippen molar-refractivity contribution in [2.75, 3.05) is 5.32 Å². The highest BCUT2D eigenvalue weighted by atomic mass is 19.1. The van der Waals surface area contributed by atoms with Gasteiger partial charge in [-0.05, 0) is 18.2 Å². The predicted octanol–water partition coefficient (Wildman–Crippen LogP) is 2.35. The summed E-state index contributed by atoms with van der Waals surface area (Å²) in [5.41, 5.74) is 0.733. The van der Waals surface area contributed by atoms with Gasteiger partial charge in [0.1, 0.15) is 23.5 Å². The summed E-state index contributed by atoms with van der Waals surface area (Å²) >= 11 is 0. The Balaban J connectivity index is 2.24. The number of rotatable bonds is 3. The fourth-order valence-corrected chi connectivity index (χ4v) is 1.45. The Labute approximate surface area is 108 Å². The first-order valence-corrected chi connectivity index (χ1v) is 5.29. The average molecular weight is 253 g/mol. The molecule has 0 aliphatic rings. The van der Waals surface area contributed by atoms with Crippen molar-refractivity contribution in [1.82, 2.24) is 9.55 Å². The molecule has 5 nitrogen and oxygen atoms in total. The summed E-state index contributed by atoms with van der Waals surface area (Å²) in [4.78, 5) is 3.84. The molecular weight excluding hydrogens is 245 g/mol. The number of halogens is 1. The second-order valence-electron chi connectivity index (χ2n) is 3.56. The van der Waals surface area contributed by atoms with Crippen LogP contribution in [0.5, 0.6) is 0 Å². The Kier molecular flexibility index (Phi) is 3.56. The molecule has 2 rings (SSSR count). The molecule has 0 radical (unpaired) electrons. The van der Waals surface area contributed by atoms with Crippen molar-refractivity contribution in [1.29, 1.82) is 10.5 Å². The summed E-state index contributed by atoms with van der Waals surface area (Å²) in [6.07, 6.45) is 5.91. The van der Waals surface area contributed by atoms with E-state index >= 15 is 0 Å². The maximum Gasteiger partial charge on any atom is 0.149 e. The van der Waals surface area contributed by atoms with Crippen LogP contribution in [0, 0.1) is 28.5 Å². The number of nitrogens with one attached hydrogen (secondary N) is 1. The van der Waals surface area contributed by atoms with Crippen LogP contribution in [0.1, 0.15) is 0 Å². The van der Waals surface area contributed by atoms with Crippen molar-refractivity contribution in [2.24, 2.45) is 0 Å². The van der Waals surface area contributed by atoms with Crippen LogP contribution in [-0.4, -0.2) is 9.55 Å². The Morgan fingerprint density at radius 2 is 2.16 bits per heavy atom. The van der Waals surface area contributed by atoms with Crippen molar-refractivity contribution >= 4 is 5.69 Å². The van der Waals surface area contributed by atoms with E-state index in [2.05, 4.69) is 10.3 Å². The number of allylic oxidation sites excluding steroid dienone is 1.